The Morgan fingerprint density at radius 2 is 1.88 bits per heavy atom. The van der Waals surface area contributed by atoms with Crippen LogP contribution in [0.3, 0.4) is 0 Å². The summed E-state index contributed by atoms with van der Waals surface area (Å²) in [7, 11) is 0. The first-order valence-electron chi connectivity index (χ1n) is 8.41. The van der Waals surface area contributed by atoms with Gasteiger partial charge in [0.2, 0.25) is 0 Å². The van der Waals surface area contributed by atoms with Gasteiger partial charge >= 0.3 is 0 Å². The number of nitrogens with one attached hydrogen (secondary N) is 2. The van der Waals surface area contributed by atoms with E-state index >= 15 is 0 Å². The van der Waals surface area contributed by atoms with Crippen LogP contribution in [0, 0.1) is 6.92 Å². The number of aromatic nitrogens is 2. The topological polar surface area (TPSA) is 70.1 Å². The van der Waals surface area contributed by atoms with Crippen molar-refractivity contribution in [2.45, 2.75) is 19.9 Å². The molecule has 0 amide bonds. The first-order valence-corrected chi connectivity index (χ1v) is 8.41. The largest absolute Gasteiger partial charge is 0.503 e. The zero-order chi connectivity index (χ0) is 17.2. The van der Waals surface area contributed by atoms with Crippen LogP contribution in [0.2, 0.25) is 0 Å². The molecule has 3 aromatic rings. The first kappa shape index (κ1) is 15.6. The lowest BCUT2D eigenvalue weighted by molar-refractivity contribution is 0.475. The summed E-state index contributed by atoms with van der Waals surface area (Å²) in [5.74, 6) is 0.477. The molecule has 4 rings (SSSR count). The fourth-order valence-electron chi connectivity index (χ4n) is 3.08. The van der Waals surface area contributed by atoms with Gasteiger partial charge in [-0.05, 0) is 43.1 Å². The molecule has 3 N–H and O–H groups in total. The van der Waals surface area contributed by atoms with Gasteiger partial charge in [0.1, 0.15) is 12.0 Å². The minimum Gasteiger partial charge on any atom is -0.503 e. The zero-order valence-electron chi connectivity index (χ0n) is 14.1. The Balaban J connectivity index is 1.65. The minimum atomic E-state index is 0.0609. The molecule has 0 aliphatic carbocycles. The number of anilines is 2. The third-order valence-corrected chi connectivity index (χ3v) is 4.50. The van der Waals surface area contributed by atoms with Crippen molar-refractivity contribution in [2.24, 2.45) is 0 Å². The van der Waals surface area contributed by atoms with E-state index in [1.165, 1.54) is 23.0 Å². The van der Waals surface area contributed by atoms with E-state index in [-0.39, 0.29) is 5.75 Å². The number of benzene rings is 2. The van der Waals surface area contributed by atoms with Crippen LogP contribution in [0.15, 0.2) is 48.8 Å². The van der Waals surface area contributed by atoms with Crippen molar-refractivity contribution >= 4 is 11.5 Å². The van der Waals surface area contributed by atoms with E-state index in [0.29, 0.717) is 11.5 Å². The van der Waals surface area contributed by atoms with Gasteiger partial charge < -0.3 is 15.7 Å². The summed E-state index contributed by atoms with van der Waals surface area (Å²) in [6.07, 6.45) is 2.48. The van der Waals surface area contributed by atoms with E-state index < -0.39 is 0 Å². The van der Waals surface area contributed by atoms with Crippen molar-refractivity contribution in [2.75, 3.05) is 11.9 Å². The maximum Gasteiger partial charge on any atom is 0.185 e. The van der Waals surface area contributed by atoms with Gasteiger partial charge in [-0.1, -0.05) is 35.9 Å². The lowest BCUT2D eigenvalue weighted by Crippen LogP contribution is -2.23. The third-order valence-electron chi connectivity index (χ3n) is 4.50. The number of rotatable bonds is 3. The second-order valence-corrected chi connectivity index (χ2v) is 6.32. The molecule has 0 saturated carbocycles. The van der Waals surface area contributed by atoms with Gasteiger partial charge in [-0.15, -0.1) is 0 Å². The number of nitrogens with zero attached hydrogens (tertiary/aromatic N) is 2. The number of hydrogen-bond acceptors (Lipinski definition) is 5. The van der Waals surface area contributed by atoms with Gasteiger partial charge in [-0.2, -0.15) is 0 Å². The fourth-order valence-corrected chi connectivity index (χ4v) is 3.08. The normalized spacial score (nSPS) is 13.3. The van der Waals surface area contributed by atoms with Crippen LogP contribution in [0.4, 0.5) is 11.5 Å². The Kier molecular flexibility index (Phi) is 4.07. The highest BCUT2D eigenvalue weighted by atomic mass is 16.3. The molecule has 5 nitrogen and oxygen atoms in total. The summed E-state index contributed by atoms with van der Waals surface area (Å²) >= 11 is 0. The van der Waals surface area contributed by atoms with Crippen molar-refractivity contribution in [1.82, 2.24) is 15.3 Å². The molecular weight excluding hydrogens is 312 g/mol. The van der Waals surface area contributed by atoms with Crippen LogP contribution in [0.1, 0.15) is 16.7 Å². The molecule has 2 aromatic carbocycles. The summed E-state index contributed by atoms with van der Waals surface area (Å²) in [5, 5.41) is 17.2. The second-order valence-electron chi connectivity index (χ2n) is 6.32. The Morgan fingerprint density at radius 1 is 1.04 bits per heavy atom. The molecular formula is C20H20N4O. The van der Waals surface area contributed by atoms with Crippen LogP contribution in [-0.4, -0.2) is 21.6 Å². The first-order chi connectivity index (χ1) is 12.2. The number of aryl methyl sites for hydroxylation is 1. The van der Waals surface area contributed by atoms with Crippen LogP contribution >= 0.6 is 0 Å². The molecule has 0 atom stereocenters. The second kappa shape index (κ2) is 6.53. The van der Waals surface area contributed by atoms with Gasteiger partial charge in [-0.25, -0.2) is 9.97 Å². The van der Waals surface area contributed by atoms with Gasteiger partial charge in [0.25, 0.3) is 0 Å². The van der Waals surface area contributed by atoms with Gasteiger partial charge in [-0.3, -0.25) is 0 Å². The Labute approximate surface area is 146 Å². The third kappa shape index (κ3) is 3.19. The van der Waals surface area contributed by atoms with E-state index in [2.05, 4.69) is 32.7 Å². The highest BCUT2D eigenvalue weighted by Gasteiger charge is 2.14. The van der Waals surface area contributed by atoms with E-state index in [4.69, 9.17) is 0 Å². The molecule has 126 valence electrons. The molecule has 0 radical (unpaired) electrons. The average Bonchev–Trinajstić information content (AvgIpc) is 2.64. The van der Waals surface area contributed by atoms with E-state index in [0.717, 1.165) is 30.8 Å². The minimum absolute atomic E-state index is 0.0609. The highest BCUT2D eigenvalue weighted by molar-refractivity contribution is 5.74. The molecule has 0 unspecified atom stereocenters. The van der Waals surface area contributed by atoms with Gasteiger partial charge in [0, 0.05) is 17.8 Å². The van der Waals surface area contributed by atoms with E-state index in [1.807, 2.05) is 37.3 Å². The van der Waals surface area contributed by atoms with Crippen molar-refractivity contribution < 1.29 is 5.11 Å². The lowest BCUT2D eigenvalue weighted by atomic mass is 10.0. The molecule has 0 spiro atoms. The predicted octanol–water partition coefficient (Wildman–Crippen LogP) is 3.55. The number of hydrogen-bond donors (Lipinski definition) is 3. The van der Waals surface area contributed by atoms with E-state index in [1.54, 1.807) is 0 Å². The Bertz CT molecular complexity index is 906. The van der Waals surface area contributed by atoms with Crippen LogP contribution in [-0.2, 0) is 13.0 Å². The molecule has 1 aromatic heterocycles. The average molecular weight is 332 g/mol. The Hall–Kier alpha value is -2.92. The summed E-state index contributed by atoms with van der Waals surface area (Å²) < 4.78 is 0. The molecule has 0 saturated heterocycles. The molecule has 1 aliphatic heterocycles. The predicted molar refractivity (Wildman–Crippen MR) is 99.0 cm³/mol. The molecule has 25 heavy (non-hydrogen) atoms. The van der Waals surface area contributed by atoms with Gasteiger partial charge in [0.15, 0.2) is 11.6 Å². The van der Waals surface area contributed by atoms with Crippen molar-refractivity contribution in [3.8, 4) is 17.0 Å². The molecule has 0 fully saturated rings. The summed E-state index contributed by atoms with van der Waals surface area (Å²) in [6.45, 7) is 3.93. The standard InChI is InChI=1S/C20H20N4O/c1-13-2-4-14(5-3-13)18-19(25)20(23-12-22-18)24-17-7-6-16-11-21-9-8-15(16)10-17/h2-7,10,12,21,25H,8-9,11H2,1H3,(H,22,23,24). The number of aromatic hydroxyl groups is 1. The molecule has 5 heteroatoms. The van der Waals surface area contributed by atoms with Crippen molar-refractivity contribution in [3.63, 3.8) is 0 Å². The van der Waals surface area contributed by atoms with Crippen LogP contribution in [0.5, 0.6) is 5.75 Å². The zero-order valence-corrected chi connectivity index (χ0v) is 14.1. The molecule has 0 bridgehead atoms. The Morgan fingerprint density at radius 3 is 2.72 bits per heavy atom. The SMILES string of the molecule is Cc1ccc(-c2ncnc(Nc3ccc4c(c3)CCNC4)c2O)cc1. The number of fused-ring (bicyclic) bond motifs is 1. The summed E-state index contributed by atoms with van der Waals surface area (Å²) in [6, 6.07) is 14.2. The smallest absolute Gasteiger partial charge is 0.185 e. The van der Waals surface area contributed by atoms with Crippen LogP contribution in [0.25, 0.3) is 11.3 Å². The van der Waals surface area contributed by atoms with Crippen molar-refractivity contribution in [3.05, 3.63) is 65.5 Å². The molecule has 1 aliphatic rings. The van der Waals surface area contributed by atoms with Crippen molar-refractivity contribution in [1.29, 1.82) is 0 Å². The van der Waals surface area contributed by atoms with E-state index in [9.17, 15) is 5.11 Å². The van der Waals surface area contributed by atoms with Crippen LogP contribution < -0.4 is 10.6 Å². The monoisotopic (exact) mass is 332 g/mol. The maximum atomic E-state index is 10.6. The van der Waals surface area contributed by atoms with Gasteiger partial charge in [0.05, 0.1) is 0 Å². The summed E-state index contributed by atoms with van der Waals surface area (Å²) in [4.78, 5) is 8.45. The maximum absolute atomic E-state index is 10.6. The fraction of sp³-hybridized carbons (Fsp3) is 0.200. The quantitative estimate of drug-likeness (QED) is 0.684. The molecule has 2 heterocycles. The lowest BCUT2D eigenvalue weighted by Gasteiger charge is -2.18. The highest BCUT2D eigenvalue weighted by Crippen LogP contribution is 2.34. The summed E-state index contributed by atoms with van der Waals surface area (Å²) in [5.41, 5.74) is 6.13.